The van der Waals surface area contributed by atoms with E-state index in [1.165, 1.54) is 12.3 Å². The van der Waals surface area contributed by atoms with Gasteiger partial charge in [-0.1, -0.05) is 11.2 Å². The Bertz CT molecular complexity index is 1000. The number of rotatable bonds is 4. The molecule has 3 aromatic rings. The van der Waals surface area contributed by atoms with Crippen LogP contribution in [-0.4, -0.2) is 21.0 Å². The maximum absolute atomic E-state index is 12.8. The number of fused-ring (bicyclic) bond motifs is 1. The number of nitrogens with zero attached hydrogens (tertiary/aromatic N) is 3. The molecule has 1 amide bonds. The van der Waals surface area contributed by atoms with Crippen LogP contribution in [0.1, 0.15) is 51.9 Å². The average molecular weight is 370 g/mol. The molecule has 1 unspecified atom stereocenters. The Kier molecular flexibility index (Phi) is 4.39. The predicted molar refractivity (Wildman–Crippen MR) is 92.2 cm³/mol. The van der Waals surface area contributed by atoms with Gasteiger partial charge in [0.05, 0.1) is 6.04 Å². The minimum atomic E-state index is -2.71. The van der Waals surface area contributed by atoms with E-state index in [2.05, 4.69) is 20.4 Å². The Balaban J connectivity index is 1.53. The zero-order chi connectivity index (χ0) is 19.0. The summed E-state index contributed by atoms with van der Waals surface area (Å²) in [7, 11) is 0. The first kappa shape index (κ1) is 17.3. The Hall–Kier alpha value is -3.16. The molecule has 0 radical (unpaired) electrons. The third kappa shape index (κ3) is 3.42. The van der Waals surface area contributed by atoms with Crippen molar-refractivity contribution in [3.05, 3.63) is 64.7 Å². The van der Waals surface area contributed by atoms with Crippen LogP contribution in [0, 0.1) is 6.92 Å². The summed E-state index contributed by atoms with van der Waals surface area (Å²) in [4.78, 5) is 20.3. The van der Waals surface area contributed by atoms with Crippen molar-refractivity contribution in [3.8, 4) is 11.5 Å². The number of halogens is 2. The summed E-state index contributed by atoms with van der Waals surface area (Å²) in [5.74, 6) is 0.629. The molecule has 6 nitrogen and oxygen atoms in total. The minimum Gasteiger partial charge on any atom is -0.345 e. The van der Waals surface area contributed by atoms with Crippen molar-refractivity contribution in [1.82, 2.24) is 20.4 Å². The van der Waals surface area contributed by atoms with Crippen LogP contribution >= 0.6 is 0 Å². The van der Waals surface area contributed by atoms with Crippen LogP contribution < -0.4 is 5.32 Å². The SMILES string of the molecule is Cc1noc(-c2ccc3c(c2)CCC3NC(=O)c2ccnc(C(F)F)c2)n1. The molecule has 0 bridgehead atoms. The first-order chi connectivity index (χ1) is 13.0. The quantitative estimate of drug-likeness (QED) is 0.756. The third-order valence-corrected chi connectivity index (χ3v) is 4.57. The highest BCUT2D eigenvalue weighted by molar-refractivity contribution is 5.94. The molecule has 0 spiro atoms. The number of alkyl halides is 2. The fourth-order valence-electron chi connectivity index (χ4n) is 3.27. The van der Waals surface area contributed by atoms with Gasteiger partial charge in [0, 0.05) is 17.3 Å². The van der Waals surface area contributed by atoms with Gasteiger partial charge in [-0.3, -0.25) is 9.78 Å². The first-order valence-corrected chi connectivity index (χ1v) is 8.50. The fourth-order valence-corrected chi connectivity index (χ4v) is 3.27. The van der Waals surface area contributed by atoms with Crippen LogP contribution in [0.25, 0.3) is 11.5 Å². The Morgan fingerprint density at radius 1 is 1.30 bits per heavy atom. The average Bonchev–Trinajstić information content (AvgIpc) is 3.28. The number of hydrogen-bond acceptors (Lipinski definition) is 5. The topological polar surface area (TPSA) is 80.9 Å². The van der Waals surface area contributed by atoms with Gasteiger partial charge in [-0.2, -0.15) is 4.98 Å². The van der Waals surface area contributed by atoms with Crippen molar-refractivity contribution < 1.29 is 18.1 Å². The molecule has 4 rings (SSSR count). The number of aryl methyl sites for hydroxylation is 2. The van der Waals surface area contributed by atoms with Gasteiger partial charge in [0.1, 0.15) is 5.69 Å². The zero-order valence-electron chi connectivity index (χ0n) is 14.4. The van der Waals surface area contributed by atoms with E-state index in [-0.39, 0.29) is 11.6 Å². The maximum atomic E-state index is 12.8. The van der Waals surface area contributed by atoms with Gasteiger partial charge in [-0.25, -0.2) is 8.78 Å². The smallest absolute Gasteiger partial charge is 0.280 e. The monoisotopic (exact) mass is 370 g/mol. The molecule has 0 saturated carbocycles. The molecular formula is C19H16F2N4O2. The van der Waals surface area contributed by atoms with Gasteiger partial charge in [-0.05, 0) is 55.2 Å². The molecule has 0 aliphatic heterocycles. The summed E-state index contributed by atoms with van der Waals surface area (Å²) in [6, 6.07) is 8.16. The number of aromatic nitrogens is 3. The number of pyridine rings is 1. The number of amides is 1. The van der Waals surface area contributed by atoms with E-state index >= 15 is 0 Å². The Morgan fingerprint density at radius 3 is 2.89 bits per heavy atom. The van der Waals surface area contributed by atoms with Crippen molar-refractivity contribution in [2.75, 3.05) is 0 Å². The molecule has 8 heteroatoms. The normalized spacial score (nSPS) is 15.8. The fraction of sp³-hybridized carbons (Fsp3) is 0.263. The van der Waals surface area contributed by atoms with Gasteiger partial charge in [-0.15, -0.1) is 0 Å². The molecule has 1 aliphatic rings. The van der Waals surface area contributed by atoms with Crippen LogP contribution in [0.4, 0.5) is 8.78 Å². The highest BCUT2D eigenvalue weighted by Gasteiger charge is 2.25. The number of nitrogens with one attached hydrogen (secondary N) is 1. The molecular weight excluding hydrogens is 354 g/mol. The van der Waals surface area contributed by atoms with Crippen molar-refractivity contribution in [3.63, 3.8) is 0 Å². The minimum absolute atomic E-state index is 0.172. The summed E-state index contributed by atoms with van der Waals surface area (Å²) in [6.07, 6.45) is 0.0363. The summed E-state index contributed by atoms with van der Waals surface area (Å²) in [5.41, 5.74) is 2.70. The van der Waals surface area contributed by atoms with Crippen LogP contribution in [0.5, 0.6) is 0 Å². The molecule has 1 atom stereocenters. The lowest BCUT2D eigenvalue weighted by Crippen LogP contribution is -2.27. The second kappa shape index (κ2) is 6.86. The molecule has 1 aromatic carbocycles. The number of benzene rings is 1. The van der Waals surface area contributed by atoms with Crippen molar-refractivity contribution >= 4 is 5.91 Å². The highest BCUT2D eigenvalue weighted by atomic mass is 19.3. The lowest BCUT2D eigenvalue weighted by molar-refractivity contribution is 0.0936. The molecule has 2 aromatic heterocycles. The number of carbonyl (C=O) groups excluding carboxylic acids is 1. The van der Waals surface area contributed by atoms with Crippen LogP contribution in [-0.2, 0) is 6.42 Å². The standard InChI is InChI=1S/C19H16F2N4O2/c1-10-23-19(27-25-10)13-2-4-14-11(8-13)3-5-15(14)24-18(26)12-6-7-22-16(9-12)17(20)21/h2,4,6-9,15,17H,3,5H2,1H3,(H,24,26). The molecule has 27 heavy (non-hydrogen) atoms. The summed E-state index contributed by atoms with van der Waals surface area (Å²) >= 11 is 0. The van der Waals surface area contributed by atoms with E-state index < -0.39 is 18.0 Å². The van der Waals surface area contributed by atoms with Crippen LogP contribution in [0.3, 0.4) is 0 Å². The molecule has 1 aliphatic carbocycles. The van der Waals surface area contributed by atoms with Gasteiger partial charge >= 0.3 is 0 Å². The Morgan fingerprint density at radius 2 is 2.15 bits per heavy atom. The summed E-state index contributed by atoms with van der Waals surface area (Å²) in [5, 5.41) is 6.71. The number of hydrogen-bond donors (Lipinski definition) is 1. The van der Waals surface area contributed by atoms with Crippen LogP contribution in [0.2, 0.25) is 0 Å². The largest absolute Gasteiger partial charge is 0.345 e. The van der Waals surface area contributed by atoms with Gasteiger partial charge in [0.2, 0.25) is 0 Å². The van der Waals surface area contributed by atoms with Crippen molar-refractivity contribution in [1.29, 1.82) is 0 Å². The highest BCUT2D eigenvalue weighted by Crippen LogP contribution is 2.34. The zero-order valence-corrected chi connectivity index (χ0v) is 14.4. The van der Waals surface area contributed by atoms with E-state index in [0.29, 0.717) is 11.7 Å². The first-order valence-electron chi connectivity index (χ1n) is 8.50. The second-order valence-corrected chi connectivity index (χ2v) is 6.40. The maximum Gasteiger partial charge on any atom is 0.280 e. The molecule has 2 heterocycles. The van der Waals surface area contributed by atoms with E-state index in [1.807, 2.05) is 18.2 Å². The third-order valence-electron chi connectivity index (χ3n) is 4.57. The van der Waals surface area contributed by atoms with E-state index in [4.69, 9.17) is 4.52 Å². The molecule has 0 saturated heterocycles. The van der Waals surface area contributed by atoms with E-state index in [9.17, 15) is 13.6 Å². The lowest BCUT2D eigenvalue weighted by Gasteiger charge is -2.14. The van der Waals surface area contributed by atoms with Crippen molar-refractivity contribution in [2.45, 2.75) is 32.2 Å². The van der Waals surface area contributed by atoms with Gasteiger partial charge in [0.25, 0.3) is 18.2 Å². The predicted octanol–water partition coefficient (Wildman–Crippen LogP) is 3.79. The Labute approximate surface area is 153 Å². The second-order valence-electron chi connectivity index (χ2n) is 6.40. The number of carbonyl (C=O) groups is 1. The van der Waals surface area contributed by atoms with E-state index in [1.54, 1.807) is 6.92 Å². The lowest BCUT2D eigenvalue weighted by atomic mass is 10.0. The molecule has 0 fully saturated rings. The summed E-state index contributed by atoms with van der Waals surface area (Å²) in [6.45, 7) is 1.75. The van der Waals surface area contributed by atoms with E-state index in [0.717, 1.165) is 35.6 Å². The molecule has 138 valence electrons. The van der Waals surface area contributed by atoms with Gasteiger partial charge in [0.15, 0.2) is 5.82 Å². The summed E-state index contributed by atoms with van der Waals surface area (Å²) < 4.78 is 30.8. The van der Waals surface area contributed by atoms with Crippen LogP contribution in [0.15, 0.2) is 41.1 Å². The van der Waals surface area contributed by atoms with Crippen molar-refractivity contribution in [2.24, 2.45) is 0 Å². The van der Waals surface area contributed by atoms with Gasteiger partial charge < -0.3 is 9.84 Å². The molecule has 1 N–H and O–H groups in total.